The maximum atomic E-state index is 10.00. The summed E-state index contributed by atoms with van der Waals surface area (Å²) in [6.07, 6.45) is 3.61. The number of phenolic OH excluding ortho intramolecular Hbond substituents is 1. The van der Waals surface area contributed by atoms with Gasteiger partial charge in [-0.2, -0.15) is 0 Å². The van der Waals surface area contributed by atoms with E-state index in [0.717, 1.165) is 18.0 Å². The highest BCUT2D eigenvalue weighted by atomic mass is 16.3. The van der Waals surface area contributed by atoms with Gasteiger partial charge in [0.2, 0.25) is 0 Å². The van der Waals surface area contributed by atoms with Crippen LogP contribution in [-0.4, -0.2) is 19.2 Å². The third-order valence-corrected chi connectivity index (χ3v) is 4.70. The van der Waals surface area contributed by atoms with Crippen LogP contribution >= 0.6 is 0 Å². The van der Waals surface area contributed by atoms with Crippen LogP contribution in [0.25, 0.3) is 16.7 Å². The summed E-state index contributed by atoms with van der Waals surface area (Å²) in [6, 6.07) is 14.1. The monoisotopic (exact) mass is 295 g/mol. The molecule has 0 saturated carbocycles. The van der Waals surface area contributed by atoms with Gasteiger partial charge in [-0.3, -0.25) is 0 Å². The molecule has 0 amide bonds. The minimum absolute atomic E-state index is 0.305. The van der Waals surface area contributed by atoms with E-state index in [9.17, 15) is 5.11 Å². The Morgan fingerprint density at radius 3 is 2.59 bits per heavy atom. The zero-order chi connectivity index (χ0) is 15.3. The van der Waals surface area contributed by atoms with Crippen LogP contribution in [-0.2, 0) is 6.42 Å². The molecule has 0 fully saturated rings. The van der Waals surface area contributed by atoms with Crippen molar-refractivity contribution in [3.63, 3.8) is 0 Å². The Hall–Kier alpha value is -2.36. The van der Waals surface area contributed by atoms with Gasteiger partial charge in [0.15, 0.2) is 0 Å². The molecule has 4 rings (SSSR count). The number of hydrogen-bond acceptors (Lipinski definition) is 1. The molecule has 0 aliphatic rings. The number of para-hydroxylation sites is 2. The van der Waals surface area contributed by atoms with Crippen molar-refractivity contribution in [2.75, 3.05) is 0 Å². The summed E-state index contributed by atoms with van der Waals surface area (Å²) in [4.78, 5) is 2.00. The summed E-state index contributed by atoms with van der Waals surface area (Å²) in [6.45, 7) is 4.56. The van der Waals surface area contributed by atoms with Crippen LogP contribution in [0.15, 0.2) is 42.5 Å². The fraction of sp³-hybridized carbons (Fsp3) is 0.333. The molecule has 2 aromatic carbocycles. The number of aryl methyl sites for hydroxylation is 1. The van der Waals surface area contributed by atoms with Gasteiger partial charge >= 0.3 is 0 Å². The number of aromatic nitrogens is 3. The van der Waals surface area contributed by atoms with Crippen molar-refractivity contribution < 1.29 is 5.11 Å². The van der Waals surface area contributed by atoms with Crippen molar-refractivity contribution in [1.29, 1.82) is 0 Å². The smallest absolute Gasteiger partial charge is 0.143 e. The largest absolute Gasteiger partial charge is 0.506 e. The van der Waals surface area contributed by atoms with Crippen molar-refractivity contribution in [2.24, 2.45) is 5.92 Å². The number of fused-ring (bicyclic) bond motifs is 4. The van der Waals surface area contributed by atoms with Crippen LogP contribution in [0.5, 0.6) is 5.75 Å². The Labute approximate surface area is 129 Å². The van der Waals surface area contributed by atoms with Gasteiger partial charge in [0.05, 0.1) is 0 Å². The van der Waals surface area contributed by atoms with Crippen LogP contribution in [0.2, 0.25) is 0 Å². The highest BCUT2D eigenvalue weighted by Crippen LogP contribution is 2.31. The summed E-state index contributed by atoms with van der Waals surface area (Å²) in [5.41, 5.74) is 4.64. The molecule has 0 bridgehead atoms. The molecule has 1 unspecified atom stereocenters. The molecule has 2 heterocycles. The summed E-state index contributed by atoms with van der Waals surface area (Å²) >= 11 is 0. The van der Waals surface area contributed by atoms with Crippen molar-refractivity contribution in [3.8, 4) is 11.4 Å². The van der Waals surface area contributed by atoms with Gasteiger partial charge < -0.3 is 5.11 Å². The molecule has 114 valence electrons. The van der Waals surface area contributed by atoms with Crippen LogP contribution in [0, 0.1) is 5.92 Å². The Balaban J connectivity index is 1.65. The molecule has 0 aliphatic carbocycles. The minimum Gasteiger partial charge on any atom is -0.506 e. The first kappa shape index (κ1) is 13.3. The summed E-state index contributed by atoms with van der Waals surface area (Å²) < 4.78 is 4.17. The van der Waals surface area contributed by atoms with Gasteiger partial charge in [-0.05, 0) is 48.6 Å². The summed E-state index contributed by atoms with van der Waals surface area (Å²) in [7, 11) is 0. The SMILES string of the molecule is CCC(C)CCc1ccc2c(c1)n1n(-c3ccccc3O)n21. The molecule has 4 nitrogen and oxygen atoms in total. The van der Waals surface area contributed by atoms with Crippen molar-refractivity contribution in [2.45, 2.75) is 33.1 Å². The highest BCUT2D eigenvalue weighted by molar-refractivity contribution is 5.80. The molecule has 22 heavy (non-hydrogen) atoms. The lowest BCUT2D eigenvalue weighted by Gasteiger charge is -2.08. The van der Waals surface area contributed by atoms with E-state index in [1.54, 1.807) is 6.07 Å². The van der Waals surface area contributed by atoms with E-state index in [2.05, 4.69) is 41.3 Å². The van der Waals surface area contributed by atoms with E-state index in [1.807, 2.05) is 23.0 Å². The predicted molar refractivity (Wildman–Crippen MR) is 88.3 cm³/mol. The zero-order valence-electron chi connectivity index (χ0n) is 13.0. The Morgan fingerprint density at radius 2 is 1.82 bits per heavy atom. The molecule has 0 spiro atoms. The van der Waals surface area contributed by atoms with Gasteiger partial charge in [-0.1, -0.05) is 38.5 Å². The topological polar surface area (TPSA) is 34.0 Å². The zero-order valence-corrected chi connectivity index (χ0v) is 13.0. The van der Waals surface area contributed by atoms with Crippen molar-refractivity contribution >= 4 is 11.0 Å². The molecule has 4 aromatic rings. The summed E-state index contributed by atoms with van der Waals surface area (Å²) in [5.74, 6) is 1.08. The Morgan fingerprint density at radius 1 is 1.05 bits per heavy atom. The second kappa shape index (κ2) is 4.83. The van der Waals surface area contributed by atoms with Crippen LogP contribution in [0.4, 0.5) is 0 Å². The third kappa shape index (κ3) is 1.90. The molecule has 0 aliphatic heterocycles. The van der Waals surface area contributed by atoms with E-state index in [0.29, 0.717) is 5.75 Å². The number of hydrogen-bond donors (Lipinski definition) is 1. The number of nitrogens with zero attached hydrogens (tertiary/aromatic N) is 3. The van der Waals surface area contributed by atoms with E-state index in [1.165, 1.54) is 29.4 Å². The Bertz CT molecular complexity index is 911. The van der Waals surface area contributed by atoms with E-state index >= 15 is 0 Å². The van der Waals surface area contributed by atoms with Gasteiger partial charge in [0.25, 0.3) is 0 Å². The first-order chi connectivity index (χ1) is 10.7. The maximum absolute atomic E-state index is 10.00. The van der Waals surface area contributed by atoms with Gasteiger partial charge in [-0.15, -0.1) is 14.1 Å². The average Bonchev–Trinajstić information content (AvgIpc) is 3.19. The average molecular weight is 295 g/mol. The number of benzene rings is 2. The maximum Gasteiger partial charge on any atom is 0.143 e. The number of aromatic hydroxyl groups is 1. The standard InChI is InChI=1S/C18H21N3O/c1-3-13(2)8-9-14-10-11-15-17(12-14)21-19(15)20(21)16-6-4-5-7-18(16)22/h4-7,10-13,22H,3,8-9H2,1-2H3. The van der Waals surface area contributed by atoms with Crippen LogP contribution in [0.1, 0.15) is 32.3 Å². The van der Waals surface area contributed by atoms with E-state index < -0.39 is 0 Å². The molecular formula is C18H21N3O. The van der Waals surface area contributed by atoms with Crippen LogP contribution < -0.4 is 0 Å². The van der Waals surface area contributed by atoms with E-state index in [-0.39, 0.29) is 0 Å². The molecule has 0 radical (unpaired) electrons. The first-order valence-electron chi connectivity index (χ1n) is 8.01. The van der Waals surface area contributed by atoms with Crippen molar-refractivity contribution in [1.82, 2.24) is 14.1 Å². The fourth-order valence-electron chi connectivity index (χ4n) is 3.00. The second-order valence-electron chi connectivity index (χ2n) is 6.23. The quantitative estimate of drug-likeness (QED) is 0.591. The third-order valence-electron chi connectivity index (χ3n) is 4.70. The molecule has 1 N–H and O–H groups in total. The van der Waals surface area contributed by atoms with Crippen LogP contribution in [0.3, 0.4) is 0 Å². The van der Waals surface area contributed by atoms with Gasteiger partial charge in [0.1, 0.15) is 22.5 Å². The minimum atomic E-state index is 0.305. The number of phenols is 1. The predicted octanol–water partition coefficient (Wildman–Crippen LogP) is 4.10. The van der Waals surface area contributed by atoms with Gasteiger partial charge in [0, 0.05) is 0 Å². The Kier molecular flexibility index (Phi) is 2.93. The lowest BCUT2D eigenvalue weighted by Crippen LogP contribution is -1.97. The molecule has 0 saturated heterocycles. The summed E-state index contributed by atoms with van der Waals surface area (Å²) in [5, 5.41) is 10.00. The molecule has 4 heteroatoms. The molecule has 2 aromatic heterocycles. The van der Waals surface area contributed by atoms with Gasteiger partial charge in [-0.25, -0.2) is 0 Å². The number of rotatable bonds is 5. The fourth-order valence-corrected chi connectivity index (χ4v) is 3.00. The van der Waals surface area contributed by atoms with Crippen molar-refractivity contribution in [3.05, 3.63) is 48.0 Å². The normalized spacial score (nSPS) is 13.5. The first-order valence-corrected chi connectivity index (χ1v) is 8.01. The second-order valence-corrected chi connectivity index (χ2v) is 6.23. The highest BCUT2D eigenvalue weighted by Gasteiger charge is 2.25. The molecular weight excluding hydrogens is 274 g/mol. The van der Waals surface area contributed by atoms with E-state index in [4.69, 9.17) is 0 Å². The molecule has 1 atom stereocenters. The lowest BCUT2D eigenvalue weighted by molar-refractivity contribution is 0.472. The lowest BCUT2D eigenvalue weighted by atomic mass is 9.99.